The zero-order valence-corrected chi connectivity index (χ0v) is 12.6. The number of hydrogen-bond donors (Lipinski definition) is 1. The molecular weight excluding hydrogens is 252 g/mol. The van der Waals surface area contributed by atoms with Gasteiger partial charge in [-0.2, -0.15) is 5.10 Å². The summed E-state index contributed by atoms with van der Waals surface area (Å²) in [5, 5.41) is 4.13. The Labute approximate surface area is 121 Å². The van der Waals surface area contributed by atoms with Crippen molar-refractivity contribution >= 4 is 11.6 Å². The minimum atomic E-state index is -0.0243. The van der Waals surface area contributed by atoms with Gasteiger partial charge in [0.05, 0.1) is 12.3 Å². The lowest BCUT2D eigenvalue weighted by molar-refractivity contribution is -0.121. The van der Waals surface area contributed by atoms with Crippen LogP contribution in [0, 0.1) is 0 Å². The third kappa shape index (κ3) is 5.87. The van der Waals surface area contributed by atoms with Crippen molar-refractivity contribution in [3.63, 3.8) is 0 Å². The third-order valence-corrected chi connectivity index (χ3v) is 2.94. The zero-order chi connectivity index (χ0) is 14.8. The molecule has 4 heteroatoms. The van der Waals surface area contributed by atoms with Crippen molar-refractivity contribution in [2.75, 3.05) is 6.61 Å². The molecule has 1 amide bonds. The minimum Gasteiger partial charge on any atom is -0.494 e. The summed E-state index contributed by atoms with van der Waals surface area (Å²) in [6.07, 6.45) is 3.64. The molecule has 0 atom stereocenters. The van der Waals surface area contributed by atoms with E-state index in [9.17, 15) is 4.79 Å². The van der Waals surface area contributed by atoms with E-state index in [2.05, 4.69) is 17.5 Å². The van der Waals surface area contributed by atoms with Gasteiger partial charge in [-0.25, -0.2) is 5.43 Å². The van der Waals surface area contributed by atoms with Gasteiger partial charge in [0, 0.05) is 6.42 Å². The van der Waals surface area contributed by atoms with Gasteiger partial charge >= 0.3 is 0 Å². The Kier molecular flexibility index (Phi) is 7.40. The van der Waals surface area contributed by atoms with Crippen LogP contribution in [0.4, 0.5) is 0 Å². The van der Waals surface area contributed by atoms with Gasteiger partial charge in [-0.1, -0.05) is 19.8 Å². The van der Waals surface area contributed by atoms with Gasteiger partial charge in [0.1, 0.15) is 5.75 Å². The van der Waals surface area contributed by atoms with E-state index in [1.54, 1.807) is 0 Å². The maximum atomic E-state index is 11.6. The minimum absolute atomic E-state index is 0.0243. The van der Waals surface area contributed by atoms with E-state index in [0.717, 1.165) is 36.3 Å². The summed E-state index contributed by atoms with van der Waals surface area (Å²) in [5.41, 5.74) is 4.36. The number of rotatable bonds is 8. The lowest BCUT2D eigenvalue weighted by Crippen LogP contribution is -2.18. The molecule has 0 aliphatic heterocycles. The molecule has 0 bridgehead atoms. The Balaban J connectivity index is 2.49. The zero-order valence-electron chi connectivity index (χ0n) is 12.6. The molecule has 0 saturated heterocycles. The van der Waals surface area contributed by atoms with Crippen LogP contribution < -0.4 is 10.2 Å². The fourth-order valence-corrected chi connectivity index (χ4v) is 1.76. The Morgan fingerprint density at radius 1 is 1.20 bits per heavy atom. The molecular formula is C16H24N2O2. The molecule has 0 unspecified atom stereocenters. The average Bonchev–Trinajstić information content (AvgIpc) is 2.46. The second kappa shape index (κ2) is 9.13. The first-order chi connectivity index (χ1) is 9.67. The summed E-state index contributed by atoms with van der Waals surface area (Å²) >= 11 is 0. The van der Waals surface area contributed by atoms with Crippen LogP contribution in [-0.4, -0.2) is 18.2 Å². The smallest absolute Gasteiger partial charge is 0.240 e. The molecule has 4 nitrogen and oxygen atoms in total. The van der Waals surface area contributed by atoms with Crippen molar-refractivity contribution in [1.29, 1.82) is 0 Å². The SMILES string of the molecule is CCCCCC(=O)N/N=C(\C)c1ccc(OCC)cc1. The lowest BCUT2D eigenvalue weighted by atomic mass is 10.1. The number of nitrogens with one attached hydrogen (secondary N) is 1. The molecule has 1 aromatic carbocycles. The fraction of sp³-hybridized carbons (Fsp3) is 0.500. The van der Waals surface area contributed by atoms with Crippen molar-refractivity contribution in [3.05, 3.63) is 29.8 Å². The molecule has 0 aliphatic carbocycles. The van der Waals surface area contributed by atoms with Crippen LogP contribution in [0.1, 0.15) is 52.0 Å². The van der Waals surface area contributed by atoms with Gasteiger partial charge in [0.2, 0.25) is 5.91 Å². The van der Waals surface area contributed by atoms with Gasteiger partial charge in [0.25, 0.3) is 0 Å². The monoisotopic (exact) mass is 276 g/mol. The van der Waals surface area contributed by atoms with Gasteiger partial charge in [-0.05, 0) is 50.1 Å². The molecule has 0 spiro atoms. The summed E-state index contributed by atoms with van der Waals surface area (Å²) < 4.78 is 5.38. The first-order valence-corrected chi connectivity index (χ1v) is 7.23. The largest absolute Gasteiger partial charge is 0.494 e. The maximum Gasteiger partial charge on any atom is 0.240 e. The highest BCUT2D eigenvalue weighted by Crippen LogP contribution is 2.12. The van der Waals surface area contributed by atoms with Gasteiger partial charge < -0.3 is 4.74 Å². The number of amides is 1. The van der Waals surface area contributed by atoms with Crippen LogP contribution in [0.15, 0.2) is 29.4 Å². The van der Waals surface area contributed by atoms with Crippen molar-refractivity contribution < 1.29 is 9.53 Å². The number of carbonyl (C=O) groups is 1. The summed E-state index contributed by atoms with van der Waals surface area (Å²) in [5.74, 6) is 0.816. The van der Waals surface area contributed by atoms with E-state index < -0.39 is 0 Å². The normalized spacial score (nSPS) is 11.2. The van der Waals surface area contributed by atoms with Crippen molar-refractivity contribution in [2.45, 2.75) is 46.5 Å². The Morgan fingerprint density at radius 2 is 1.90 bits per heavy atom. The van der Waals surface area contributed by atoms with Crippen LogP contribution in [0.5, 0.6) is 5.75 Å². The van der Waals surface area contributed by atoms with Gasteiger partial charge in [-0.15, -0.1) is 0 Å². The van der Waals surface area contributed by atoms with Crippen LogP contribution >= 0.6 is 0 Å². The highest BCUT2D eigenvalue weighted by atomic mass is 16.5. The molecule has 20 heavy (non-hydrogen) atoms. The van der Waals surface area contributed by atoms with E-state index in [-0.39, 0.29) is 5.91 Å². The molecule has 0 fully saturated rings. The van der Waals surface area contributed by atoms with E-state index in [0.29, 0.717) is 13.0 Å². The number of nitrogens with zero attached hydrogens (tertiary/aromatic N) is 1. The molecule has 1 N–H and O–H groups in total. The number of hydrazone groups is 1. The number of hydrogen-bond acceptors (Lipinski definition) is 3. The summed E-state index contributed by atoms with van der Waals surface area (Å²) in [6.45, 7) is 6.60. The van der Waals surface area contributed by atoms with E-state index in [1.807, 2.05) is 38.1 Å². The van der Waals surface area contributed by atoms with Gasteiger partial charge in [0.15, 0.2) is 0 Å². The standard InChI is InChI=1S/C16H24N2O2/c1-4-6-7-8-16(19)18-17-13(3)14-9-11-15(12-10-14)20-5-2/h9-12H,4-8H2,1-3H3,(H,18,19)/b17-13+. The predicted octanol–water partition coefficient (Wildman–Crippen LogP) is 3.51. The predicted molar refractivity (Wildman–Crippen MR) is 82.1 cm³/mol. The third-order valence-electron chi connectivity index (χ3n) is 2.94. The van der Waals surface area contributed by atoms with Crippen molar-refractivity contribution in [1.82, 2.24) is 5.43 Å². The lowest BCUT2D eigenvalue weighted by Gasteiger charge is -2.05. The second-order valence-electron chi connectivity index (χ2n) is 4.65. The molecule has 0 heterocycles. The van der Waals surface area contributed by atoms with Crippen LogP contribution in [0.25, 0.3) is 0 Å². The van der Waals surface area contributed by atoms with Crippen LogP contribution in [0.3, 0.4) is 0 Å². The molecule has 0 aromatic heterocycles. The molecule has 1 rings (SSSR count). The number of unbranched alkanes of at least 4 members (excludes halogenated alkanes) is 2. The number of benzene rings is 1. The van der Waals surface area contributed by atoms with Crippen molar-refractivity contribution in [3.8, 4) is 5.75 Å². The molecule has 110 valence electrons. The van der Waals surface area contributed by atoms with Gasteiger partial charge in [-0.3, -0.25) is 4.79 Å². The molecule has 0 radical (unpaired) electrons. The Bertz CT molecular complexity index is 438. The topological polar surface area (TPSA) is 50.7 Å². The second-order valence-corrected chi connectivity index (χ2v) is 4.65. The highest BCUT2D eigenvalue weighted by Gasteiger charge is 2.01. The quantitative estimate of drug-likeness (QED) is 0.449. The average molecular weight is 276 g/mol. The fourth-order valence-electron chi connectivity index (χ4n) is 1.76. The summed E-state index contributed by atoms with van der Waals surface area (Å²) in [4.78, 5) is 11.6. The van der Waals surface area contributed by atoms with Crippen LogP contribution in [-0.2, 0) is 4.79 Å². The number of ether oxygens (including phenoxy) is 1. The first kappa shape index (κ1) is 16.2. The van der Waals surface area contributed by atoms with Crippen LogP contribution in [0.2, 0.25) is 0 Å². The Hall–Kier alpha value is -1.84. The molecule has 0 saturated carbocycles. The molecule has 1 aromatic rings. The van der Waals surface area contributed by atoms with E-state index in [1.165, 1.54) is 0 Å². The number of carbonyl (C=O) groups excluding carboxylic acids is 1. The summed E-state index contributed by atoms with van der Waals surface area (Å²) in [6, 6.07) is 7.68. The van der Waals surface area contributed by atoms with E-state index >= 15 is 0 Å². The van der Waals surface area contributed by atoms with Crippen molar-refractivity contribution in [2.24, 2.45) is 5.10 Å². The molecule has 0 aliphatic rings. The first-order valence-electron chi connectivity index (χ1n) is 7.23. The summed E-state index contributed by atoms with van der Waals surface area (Å²) in [7, 11) is 0. The van der Waals surface area contributed by atoms with E-state index in [4.69, 9.17) is 4.74 Å². The maximum absolute atomic E-state index is 11.6. The Morgan fingerprint density at radius 3 is 2.50 bits per heavy atom. The highest BCUT2D eigenvalue weighted by molar-refractivity contribution is 5.99.